The van der Waals surface area contributed by atoms with Crippen molar-refractivity contribution in [1.29, 1.82) is 0 Å². The van der Waals surface area contributed by atoms with Gasteiger partial charge in [0.2, 0.25) is 0 Å². The summed E-state index contributed by atoms with van der Waals surface area (Å²) in [6.07, 6.45) is 0. The SMILES string of the molecule is CCN1C(=O)COc2ccc(-c3nc(N)sc3C)cc21. The molecule has 0 aliphatic carbocycles. The van der Waals surface area contributed by atoms with Gasteiger partial charge in [0.05, 0.1) is 11.4 Å². The number of nitrogens with two attached hydrogens (primary N) is 1. The molecule has 1 amide bonds. The Morgan fingerprint density at radius 1 is 1.50 bits per heavy atom. The fourth-order valence-electron chi connectivity index (χ4n) is 2.38. The summed E-state index contributed by atoms with van der Waals surface area (Å²) in [7, 11) is 0. The van der Waals surface area contributed by atoms with Crippen molar-refractivity contribution in [3.63, 3.8) is 0 Å². The van der Waals surface area contributed by atoms with Gasteiger partial charge in [0, 0.05) is 17.0 Å². The second-order valence-electron chi connectivity index (χ2n) is 4.57. The highest BCUT2D eigenvalue weighted by molar-refractivity contribution is 7.15. The molecule has 0 unspecified atom stereocenters. The molecule has 0 bridgehead atoms. The topological polar surface area (TPSA) is 68.5 Å². The zero-order valence-electron chi connectivity index (χ0n) is 11.3. The van der Waals surface area contributed by atoms with Gasteiger partial charge in [0.25, 0.3) is 5.91 Å². The van der Waals surface area contributed by atoms with Gasteiger partial charge in [-0.15, -0.1) is 11.3 Å². The van der Waals surface area contributed by atoms with Gasteiger partial charge in [0.15, 0.2) is 11.7 Å². The summed E-state index contributed by atoms with van der Waals surface area (Å²) in [5, 5.41) is 0.551. The molecule has 2 aromatic rings. The lowest BCUT2D eigenvalue weighted by molar-refractivity contribution is -0.121. The van der Waals surface area contributed by atoms with Gasteiger partial charge in [-0.05, 0) is 32.0 Å². The van der Waals surface area contributed by atoms with Gasteiger partial charge in [0.1, 0.15) is 5.75 Å². The van der Waals surface area contributed by atoms with E-state index in [0.29, 0.717) is 11.7 Å². The van der Waals surface area contributed by atoms with Crippen LogP contribution in [0, 0.1) is 6.92 Å². The third kappa shape index (κ3) is 2.02. The molecule has 3 rings (SSSR count). The summed E-state index contributed by atoms with van der Waals surface area (Å²) >= 11 is 1.46. The highest BCUT2D eigenvalue weighted by Crippen LogP contribution is 2.37. The quantitative estimate of drug-likeness (QED) is 0.922. The zero-order valence-corrected chi connectivity index (χ0v) is 12.2. The van der Waals surface area contributed by atoms with Crippen LogP contribution in [-0.2, 0) is 4.79 Å². The number of nitrogens with zero attached hydrogens (tertiary/aromatic N) is 2. The molecule has 2 N–H and O–H groups in total. The summed E-state index contributed by atoms with van der Waals surface area (Å²) in [6, 6.07) is 5.77. The number of carbonyl (C=O) groups excluding carboxylic acids is 1. The molecule has 0 atom stereocenters. The first-order valence-corrected chi connectivity index (χ1v) is 7.22. The average molecular weight is 289 g/mol. The maximum Gasteiger partial charge on any atom is 0.265 e. The van der Waals surface area contributed by atoms with Crippen LogP contribution < -0.4 is 15.4 Å². The molecule has 0 saturated carbocycles. The molecule has 104 valence electrons. The van der Waals surface area contributed by atoms with Crippen LogP contribution in [0.1, 0.15) is 11.8 Å². The van der Waals surface area contributed by atoms with E-state index in [-0.39, 0.29) is 12.5 Å². The fraction of sp³-hybridized carbons (Fsp3) is 0.286. The Balaban J connectivity index is 2.10. The van der Waals surface area contributed by atoms with Crippen LogP contribution in [0.25, 0.3) is 11.3 Å². The van der Waals surface area contributed by atoms with E-state index in [0.717, 1.165) is 27.6 Å². The number of nitrogen functional groups attached to an aromatic ring is 1. The van der Waals surface area contributed by atoms with Crippen LogP contribution in [0.2, 0.25) is 0 Å². The Kier molecular flexibility index (Phi) is 3.10. The minimum absolute atomic E-state index is 0.0216. The minimum atomic E-state index is -0.0216. The predicted octanol–water partition coefficient (Wildman–Crippen LogP) is 2.45. The molecular weight excluding hydrogens is 274 g/mol. The van der Waals surface area contributed by atoms with Crippen LogP contribution in [0.4, 0.5) is 10.8 Å². The largest absolute Gasteiger partial charge is 0.482 e. The average Bonchev–Trinajstić information content (AvgIpc) is 2.77. The molecule has 0 saturated heterocycles. The van der Waals surface area contributed by atoms with Crippen LogP contribution >= 0.6 is 11.3 Å². The van der Waals surface area contributed by atoms with Gasteiger partial charge in [-0.25, -0.2) is 4.98 Å². The molecule has 1 aliphatic rings. The number of carbonyl (C=O) groups is 1. The number of hydrogen-bond acceptors (Lipinski definition) is 5. The van der Waals surface area contributed by atoms with E-state index in [1.165, 1.54) is 11.3 Å². The van der Waals surface area contributed by atoms with E-state index in [1.807, 2.05) is 32.0 Å². The first-order valence-electron chi connectivity index (χ1n) is 6.40. The molecule has 20 heavy (non-hydrogen) atoms. The van der Waals surface area contributed by atoms with Crippen molar-refractivity contribution in [2.45, 2.75) is 13.8 Å². The number of aromatic nitrogens is 1. The lowest BCUT2D eigenvalue weighted by atomic mass is 10.1. The summed E-state index contributed by atoms with van der Waals surface area (Å²) < 4.78 is 5.46. The molecule has 1 aliphatic heterocycles. The number of aryl methyl sites for hydroxylation is 1. The summed E-state index contributed by atoms with van der Waals surface area (Å²) in [6.45, 7) is 4.66. The van der Waals surface area contributed by atoms with E-state index in [2.05, 4.69) is 4.98 Å². The maximum absolute atomic E-state index is 11.9. The van der Waals surface area contributed by atoms with Gasteiger partial charge >= 0.3 is 0 Å². The molecule has 5 nitrogen and oxygen atoms in total. The Morgan fingerprint density at radius 3 is 2.95 bits per heavy atom. The number of rotatable bonds is 2. The number of thiazole rings is 1. The summed E-state index contributed by atoms with van der Waals surface area (Å²) in [4.78, 5) is 19.0. The smallest absolute Gasteiger partial charge is 0.265 e. The first kappa shape index (κ1) is 12.9. The van der Waals surface area contributed by atoms with Crippen LogP contribution in [0.3, 0.4) is 0 Å². The van der Waals surface area contributed by atoms with E-state index in [1.54, 1.807) is 4.90 Å². The molecular formula is C14H15N3O2S. The monoisotopic (exact) mass is 289 g/mol. The highest BCUT2D eigenvalue weighted by Gasteiger charge is 2.25. The van der Waals surface area contributed by atoms with Gasteiger partial charge < -0.3 is 15.4 Å². The van der Waals surface area contributed by atoms with Crippen LogP contribution in [0.15, 0.2) is 18.2 Å². The Labute approximate surface area is 121 Å². The highest BCUT2D eigenvalue weighted by atomic mass is 32.1. The number of benzene rings is 1. The molecule has 0 fully saturated rings. The summed E-state index contributed by atoms with van der Waals surface area (Å²) in [5.41, 5.74) is 8.36. The molecule has 1 aromatic carbocycles. The second kappa shape index (κ2) is 4.79. The van der Waals surface area contributed by atoms with Crippen molar-refractivity contribution in [1.82, 2.24) is 4.98 Å². The van der Waals surface area contributed by atoms with Gasteiger partial charge in [-0.1, -0.05) is 0 Å². The number of anilines is 2. The molecule has 1 aromatic heterocycles. The lowest BCUT2D eigenvalue weighted by Crippen LogP contribution is -2.38. The first-order chi connectivity index (χ1) is 9.60. The van der Waals surface area contributed by atoms with Crippen molar-refractivity contribution in [2.75, 3.05) is 23.8 Å². The number of fused-ring (bicyclic) bond motifs is 1. The van der Waals surface area contributed by atoms with E-state index >= 15 is 0 Å². The second-order valence-corrected chi connectivity index (χ2v) is 5.80. The van der Waals surface area contributed by atoms with E-state index < -0.39 is 0 Å². The number of likely N-dealkylation sites (N-methyl/N-ethyl adjacent to an activating group) is 1. The lowest BCUT2D eigenvalue weighted by Gasteiger charge is -2.28. The van der Waals surface area contributed by atoms with Crippen LogP contribution in [0.5, 0.6) is 5.75 Å². The van der Waals surface area contributed by atoms with Crippen LogP contribution in [-0.4, -0.2) is 24.0 Å². The van der Waals surface area contributed by atoms with Gasteiger partial charge in [-0.2, -0.15) is 0 Å². The Morgan fingerprint density at radius 2 is 2.30 bits per heavy atom. The molecule has 6 heteroatoms. The molecule has 0 spiro atoms. The van der Waals surface area contributed by atoms with Crippen molar-refractivity contribution in [2.24, 2.45) is 0 Å². The third-order valence-corrected chi connectivity index (χ3v) is 4.10. The number of amides is 1. The Bertz CT molecular complexity index is 681. The molecule has 2 heterocycles. The van der Waals surface area contributed by atoms with Crippen molar-refractivity contribution < 1.29 is 9.53 Å². The predicted molar refractivity (Wildman–Crippen MR) is 80.2 cm³/mol. The Hall–Kier alpha value is -2.08. The molecule has 0 radical (unpaired) electrons. The van der Waals surface area contributed by atoms with E-state index in [9.17, 15) is 4.79 Å². The van der Waals surface area contributed by atoms with Crippen molar-refractivity contribution in [3.8, 4) is 17.0 Å². The fourth-order valence-corrected chi connectivity index (χ4v) is 3.09. The van der Waals surface area contributed by atoms with Crippen molar-refractivity contribution in [3.05, 3.63) is 23.1 Å². The normalized spacial score (nSPS) is 14.1. The number of hydrogen-bond donors (Lipinski definition) is 1. The van der Waals surface area contributed by atoms with Gasteiger partial charge in [-0.3, -0.25) is 4.79 Å². The zero-order chi connectivity index (χ0) is 14.3. The maximum atomic E-state index is 11.9. The van der Waals surface area contributed by atoms with Crippen molar-refractivity contribution >= 4 is 28.1 Å². The third-order valence-electron chi connectivity index (χ3n) is 3.30. The van der Waals surface area contributed by atoms with E-state index in [4.69, 9.17) is 10.5 Å². The number of ether oxygens (including phenoxy) is 1. The standard InChI is InChI=1S/C14H15N3O2S/c1-3-17-10-6-9(13-8(2)20-14(15)16-13)4-5-11(10)19-7-12(17)18/h4-6H,3,7H2,1-2H3,(H2,15,16). The minimum Gasteiger partial charge on any atom is -0.482 e. The summed E-state index contributed by atoms with van der Waals surface area (Å²) in [5.74, 6) is 0.711.